The van der Waals surface area contributed by atoms with Crippen molar-refractivity contribution >= 4 is 22.6 Å². The number of hydrogen-bond acceptors (Lipinski definition) is 6. The zero-order valence-corrected chi connectivity index (χ0v) is 14.0. The van der Waals surface area contributed by atoms with Crippen LogP contribution in [0.25, 0.3) is 11.3 Å². The lowest BCUT2D eigenvalue weighted by molar-refractivity contribution is -0.0881. The van der Waals surface area contributed by atoms with Crippen molar-refractivity contribution in [1.82, 2.24) is 14.9 Å². The third kappa shape index (κ3) is 2.15. The molecular formula is C17H18N4O2S. The number of anilines is 1. The first-order chi connectivity index (χ1) is 11.7. The number of aromatic nitrogens is 2. The molecule has 0 radical (unpaired) electrons. The number of carbonyl (C=O) groups excluding carboxylic acids is 1. The Morgan fingerprint density at radius 2 is 2.00 bits per heavy atom. The maximum atomic E-state index is 12.5. The van der Waals surface area contributed by atoms with Gasteiger partial charge >= 0.3 is 6.09 Å². The fourth-order valence-corrected chi connectivity index (χ4v) is 5.03. The van der Waals surface area contributed by atoms with Gasteiger partial charge in [-0.1, -0.05) is 0 Å². The molecule has 4 saturated heterocycles. The summed E-state index contributed by atoms with van der Waals surface area (Å²) >= 11 is 1.49. The SMILES string of the molecule is O=C1O[C@]2(CN3CCC2CC3)CN1c1nc(-c2ccncc2)cs1. The summed E-state index contributed by atoms with van der Waals surface area (Å²) in [4.78, 5) is 25.3. The zero-order valence-electron chi connectivity index (χ0n) is 13.2. The fourth-order valence-electron chi connectivity index (χ4n) is 4.20. The van der Waals surface area contributed by atoms with Gasteiger partial charge in [0.1, 0.15) is 5.60 Å². The molecule has 6 heterocycles. The molecule has 1 amide bonds. The molecule has 4 aliphatic rings. The summed E-state index contributed by atoms with van der Waals surface area (Å²) in [5.41, 5.74) is 1.55. The highest BCUT2D eigenvalue weighted by molar-refractivity contribution is 7.14. The van der Waals surface area contributed by atoms with Crippen molar-refractivity contribution in [3.05, 3.63) is 29.9 Å². The summed E-state index contributed by atoms with van der Waals surface area (Å²) in [6.45, 7) is 3.75. The van der Waals surface area contributed by atoms with Gasteiger partial charge in [-0.15, -0.1) is 11.3 Å². The highest BCUT2D eigenvalue weighted by Crippen LogP contribution is 2.43. The Hall–Kier alpha value is -1.99. The third-order valence-corrected chi connectivity index (χ3v) is 6.32. The van der Waals surface area contributed by atoms with Gasteiger partial charge in [0, 0.05) is 35.8 Å². The lowest BCUT2D eigenvalue weighted by Gasteiger charge is -2.49. The van der Waals surface area contributed by atoms with Gasteiger partial charge in [-0.2, -0.15) is 0 Å². The standard InChI is InChI=1S/C17H18N4O2S/c22-16-21(11-17(23-16)10-20-7-3-13(17)4-8-20)15-19-14(9-24-15)12-1-5-18-6-2-12/h1-2,5-6,9,13H,3-4,7-8,10-11H2/t17-/m1/s1. The highest BCUT2D eigenvalue weighted by atomic mass is 32.1. The number of hydrogen-bond donors (Lipinski definition) is 0. The minimum absolute atomic E-state index is 0.251. The van der Waals surface area contributed by atoms with E-state index in [1.165, 1.54) is 11.3 Å². The Kier molecular flexibility index (Phi) is 3.14. The zero-order chi connectivity index (χ0) is 16.1. The van der Waals surface area contributed by atoms with Gasteiger partial charge in [-0.3, -0.25) is 9.88 Å². The lowest BCUT2D eigenvalue weighted by Crippen LogP contribution is -2.61. The van der Waals surface area contributed by atoms with Crippen molar-refractivity contribution < 1.29 is 9.53 Å². The second kappa shape index (κ2) is 5.26. The van der Waals surface area contributed by atoms with Gasteiger partial charge in [0.15, 0.2) is 5.13 Å². The maximum absolute atomic E-state index is 12.5. The summed E-state index contributed by atoms with van der Waals surface area (Å²) in [6, 6.07) is 3.85. The molecule has 6 nitrogen and oxygen atoms in total. The van der Waals surface area contributed by atoms with Crippen LogP contribution in [0.1, 0.15) is 12.8 Å². The predicted molar refractivity (Wildman–Crippen MR) is 91.1 cm³/mol. The van der Waals surface area contributed by atoms with Crippen molar-refractivity contribution in [2.75, 3.05) is 31.1 Å². The van der Waals surface area contributed by atoms with Crippen molar-refractivity contribution in [1.29, 1.82) is 0 Å². The largest absolute Gasteiger partial charge is 0.439 e. The topological polar surface area (TPSA) is 58.6 Å². The van der Waals surface area contributed by atoms with E-state index in [0.29, 0.717) is 12.5 Å². The van der Waals surface area contributed by atoms with Crippen molar-refractivity contribution in [2.45, 2.75) is 18.4 Å². The van der Waals surface area contributed by atoms with Crippen LogP contribution < -0.4 is 4.90 Å². The number of ether oxygens (including phenoxy) is 1. The Morgan fingerprint density at radius 3 is 2.71 bits per heavy atom. The Bertz CT molecular complexity index is 772. The molecule has 4 aliphatic heterocycles. The Labute approximate surface area is 144 Å². The van der Waals surface area contributed by atoms with Crippen LogP contribution in [-0.4, -0.2) is 52.7 Å². The molecule has 24 heavy (non-hydrogen) atoms. The molecule has 0 unspecified atom stereocenters. The van der Waals surface area contributed by atoms with Gasteiger partial charge in [0.25, 0.3) is 0 Å². The van der Waals surface area contributed by atoms with Crippen LogP contribution in [0.5, 0.6) is 0 Å². The number of pyridine rings is 1. The number of thiazole rings is 1. The molecule has 0 N–H and O–H groups in total. The summed E-state index contributed by atoms with van der Waals surface area (Å²) in [6.07, 6.45) is 5.50. The first-order valence-corrected chi connectivity index (χ1v) is 9.20. The van der Waals surface area contributed by atoms with Crippen LogP contribution in [0.4, 0.5) is 9.93 Å². The summed E-state index contributed by atoms with van der Waals surface area (Å²) < 4.78 is 5.91. The second-order valence-corrected chi connectivity index (χ2v) is 7.66. The second-order valence-electron chi connectivity index (χ2n) is 6.82. The van der Waals surface area contributed by atoms with Crippen molar-refractivity contribution in [2.24, 2.45) is 5.92 Å². The van der Waals surface area contributed by atoms with Gasteiger partial charge < -0.3 is 4.74 Å². The van der Waals surface area contributed by atoms with Crippen LogP contribution in [0.15, 0.2) is 29.9 Å². The first kappa shape index (κ1) is 14.4. The lowest BCUT2D eigenvalue weighted by atomic mass is 9.75. The molecule has 0 aromatic carbocycles. The number of piperidine rings is 3. The number of carbonyl (C=O) groups is 1. The maximum Gasteiger partial charge on any atom is 0.416 e. The van der Waals surface area contributed by atoms with E-state index in [2.05, 4.69) is 14.9 Å². The molecule has 0 saturated carbocycles. The number of nitrogens with zero attached hydrogens (tertiary/aromatic N) is 4. The average Bonchev–Trinajstić information content (AvgIpc) is 3.22. The molecule has 1 spiro atoms. The minimum Gasteiger partial charge on any atom is -0.439 e. The van der Waals surface area contributed by atoms with Crippen LogP contribution in [0, 0.1) is 5.92 Å². The normalized spacial score (nSPS) is 31.7. The minimum atomic E-state index is -0.337. The summed E-state index contributed by atoms with van der Waals surface area (Å²) in [5.74, 6) is 0.482. The summed E-state index contributed by atoms with van der Waals surface area (Å²) in [5, 5.41) is 2.71. The Balaban J connectivity index is 1.42. The average molecular weight is 342 g/mol. The third-order valence-electron chi connectivity index (χ3n) is 5.46. The number of amides is 1. The van der Waals surface area contributed by atoms with Gasteiger partial charge in [0.2, 0.25) is 0 Å². The van der Waals surface area contributed by atoms with Gasteiger partial charge in [-0.05, 0) is 38.1 Å². The predicted octanol–water partition coefficient (Wildman–Crippen LogP) is 2.63. The molecule has 2 aromatic heterocycles. The van der Waals surface area contributed by atoms with Gasteiger partial charge in [0.05, 0.1) is 12.2 Å². The van der Waals surface area contributed by atoms with E-state index in [4.69, 9.17) is 4.74 Å². The first-order valence-electron chi connectivity index (χ1n) is 8.32. The molecule has 6 rings (SSSR count). The van der Waals surface area contributed by atoms with Gasteiger partial charge in [-0.25, -0.2) is 14.7 Å². The van der Waals surface area contributed by atoms with Crippen LogP contribution in [0.2, 0.25) is 0 Å². The van der Waals surface area contributed by atoms with E-state index in [1.807, 2.05) is 17.5 Å². The van der Waals surface area contributed by atoms with E-state index in [1.54, 1.807) is 17.3 Å². The van der Waals surface area contributed by atoms with E-state index >= 15 is 0 Å². The molecule has 2 aromatic rings. The van der Waals surface area contributed by atoms with Crippen molar-refractivity contribution in [3.8, 4) is 11.3 Å². The quantitative estimate of drug-likeness (QED) is 0.840. The van der Waals surface area contributed by atoms with E-state index < -0.39 is 0 Å². The fraction of sp³-hybridized carbons (Fsp3) is 0.471. The smallest absolute Gasteiger partial charge is 0.416 e. The monoisotopic (exact) mass is 342 g/mol. The highest BCUT2D eigenvalue weighted by Gasteiger charge is 2.56. The Morgan fingerprint density at radius 1 is 1.21 bits per heavy atom. The van der Waals surface area contributed by atoms with E-state index in [-0.39, 0.29) is 11.7 Å². The molecule has 2 bridgehead atoms. The van der Waals surface area contributed by atoms with Crippen molar-refractivity contribution in [3.63, 3.8) is 0 Å². The number of fused-ring (bicyclic) bond motifs is 2. The van der Waals surface area contributed by atoms with E-state index in [0.717, 1.165) is 48.9 Å². The van der Waals surface area contributed by atoms with Crippen LogP contribution >= 0.6 is 11.3 Å². The molecule has 1 atom stereocenters. The summed E-state index contributed by atoms with van der Waals surface area (Å²) in [7, 11) is 0. The molecule has 0 aliphatic carbocycles. The van der Waals surface area contributed by atoms with Crippen LogP contribution in [-0.2, 0) is 4.74 Å². The van der Waals surface area contributed by atoms with Crippen LogP contribution in [0.3, 0.4) is 0 Å². The number of rotatable bonds is 2. The molecular weight excluding hydrogens is 324 g/mol. The van der Waals surface area contributed by atoms with E-state index in [9.17, 15) is 4.79 Å². The molecule has 7 heteroatoms. The molecule has 124 valence electrons. The molecule has 4 fully saturated rings.